The molecule has 0 atom stereocenters. The van der Waals surface area contributed by atoms with Gasteiger partial charge in [-0.05, 0) is 12.1 Å². The van der Waals surface area contributed by atoms with Crippen LogP contribution < -0.4 is 0 Å². The van der Waals surface area contributed by atoms with Crippen LogP contribution in [-0.4, -0.2) is 5.11 Å². The Labute approximate surface area is 53.9 Å². The molecule has 0 bridgehead atoms. The van der Waals surface area contributed by atoms with Gasteiger partial charge >= 0.3 is 0 Å². The minimum absolute atomic E-state index is 0.0579. The monoisotopic (exact) mass is 129 g/mol. The second-order valence-corrected chi connectivity index (χ2v) is 1.77. The molecule has 2 heteroatoms. The highest BCUT2D eigenvalue weighted by Crippen LogP contribution is 2.20. The van der Waals surface area contributed by atoms with Crippen LogP contribution in [0.2, 0.25) is 5.02 Å². The first kappa shape index (κ1) is 4.21. The van der Waals surface area contributed by atoms with Crippen molar-refractivity contribution >= 4 is 11.6 Å². The molecule has 0 radical (unpaired) electrons. The van der Waals surface area contributed by atoms with E-state index in [0.29, 0.717) is 0 Å². The largest absolute Gasteiger partial charge is 0.506 e. The van der Waals surface area contributed by atoms with E-state index in [0.717, 1.165) is 0 Å². The summed E-state index contributed by atoms with van der Waals surface area (Å²) in [6.45, 7) is 0. The summed E-state index contributed by atoms with van der Waals surface area (Å²) in [5.74, 6) is -0.154. The van der Waals surface area contributed by atoms with Crippen molar-refractivity contribution in [3.8, 4) is 5.75 Å². The fourth-order valence-corrected chi connectivity index (χ4v) is 0.535. The summed E-state index contributed by atoms with van der Waals surface area (Å²) in [6, 6.07) is 4.68. The van der Waals surface area contributed by atoms with Crippen LogP contribution in [0, 0.1) is 0 Å². The van der Waals surface area contributed by atoms with Crippen molar-refractivity contribution in [3.05, 3.63) is 29.3 Å². The lowest BCUT2D eigenvalue weighted by Crippen LogP contribution is -1.62. The zero-order valence-corrected chi connectivity index (χ0v) is 4.81. The Hall–Kier alpha value is -0.690. The highest BCUT2D eigenvalue weighted by atomic mass is 35.5. The third-order valence-electron chi connectivity index (χ3n) is 0.785. The number of benzene rings is 1. The van der Waals surface area contributed by atoms with Crippen molar-refractivity contribution in [2.24, 2.45) is 0 Å². The standard InChI is InChI=1S/C6H5ClO/c7-5-3-1-2-4-6(5)8/h1-4,8H/i4D. The van der Waals surface area contributed by atoms with E-state index in [1.165, 1.54) is 12.1 Å². The normalized spacial score (nSPS) is 10.9. The Morgan fingerprint density at radius 3 is 2.88 bits per heavy atom. The van der Waals surface area contributed by atoms with Gasteiger partial charge in [0.25, 0.3) is 0 Å². The zero-order valence-electron chi connectivity index (χ0n) is 5.06. The van der Waals surface area contributed by atoms with Crippen LogP contribution in [0.1, 0.15) is 1.37 Å². The Balaban J connectivity index is 3.25. The molecule has 0 aliphatic heterocycles. The second kappa shape index (κ2) is 2.05. The van der Waals surface area contributed by atoms with E-state index in [1.807, 2.05) is 0 Å². The fourth-order valence-electron chi connectivity index (χ4n) is 0.408. The van der Waals surface area contributed by atoms with E-state index in [2.05, 4.69) is 0 Å². The Morgan fingerprint density at radius 1 is 1.62 bits per heavy atom. The molecule has 0 unspecified atom stereocenters. The first-order valence-electron chi connectivity index (χ1n) is 2.66. The average Bonchev–Trinajstić information content (AvgIpc) is 1.83. The first-order valence-corrected chi connectivity index (χ1v) is 2.53. The number of phenols is 1. The summed E-state index contributed by atoms with van der Waals surface area (Å²) in [6.07, 6.45) is 0. The lowest BCUT2D eigenvalue weighted by atomic mass is 10.3. The van der Waals surface area contributed by atoms with E-state index in [9.17, 15) is 0 Å². The third-order valence-corrected chi connectivity index (χ3v) is 1.09. The van der Waals surface area contributed by atoms with Gasteiger partial charge < -0.3 is 5.11 Å². The zero-order chi connectivity index (χ0) is 6.85. The smallest absolute Gasteiger partial charge is 0.134 e. The van der Waals surface area contributed by atoms with Gasteiger partial charge in [-0.3, -0.25) is 0 Å². The molecule has 1 aromatic carbocycles. The van der Waals surface area contributed by atoms with E-state index >= 15 is 0 Å². The first-order chi connectivity index (χ1) is 4.22. The maximum atomic E-state index is 8.89. The predicted molar refractivity (Wildman–Crippen MR) is 33.1 cm³/mol. The van der Waals surface area contributed by atoms with Gasteiger partial charge in [0, 0.05) is 0 Å². The van der Waals surface area contributed by atoms with Gasteiger partial charge in [0.05, 0.1) is 6.39 Å². The highest BCUT2D eigenvalue weighted by molar-refractivity contribution is 6.31. The van der Waals surface area contributed by atoms with Crippen LogP contribution >= 0.6 is 11.6 Å². The van der Waals surface area contributed by atoms with E-state index in [4.69, 9.17) is 18.1 Å². The van der Waals surface area contributed by atoms with Crippen LogP contribution in [0.4, 0.5) is 0 Å². The van der Waals surface area contributed by atoms with Crippen LogP contribution in [0.25, 0.3) is 0 Å². The van der Waals surface area contributed by atoms with E-state index < -0.39 is 0 Å². The second-order valence-electron chi connectivity index (χ2n) is 1.37. The molecule has 0 saturated carbocycles. The van der Waals surface area contributed by atoms with Gasteiger partial charge in [-0.2, -0.15) is 0 Å². The summed E-state index contributed by atoms with van der Waals surface area (Å²) in [5, 5.41) is 9.11. The molecule has 0 fully saturated rings. The molecule has 1 N–H and O–H groups in total. The molecule has 0 aromatic heterocycles. The van der Waals surface area contributed by atoms with Crippen LogP contribution in [-0.2, 0) is 0 Å². The van der Waals surface area contributed by atoms with Gasteiger partial charge in [0.15, 0.2) is 0 Å². The van der Waals surface area contributed by atoms with Crippen LogP contribution in [0.15, 0.2) is 24.2 Å². The number of hydrogen-bond donors (Lipinski definition) is 1. The number of halogens is 1. The minimum Gasteiger partial charge on any atom is -0.506 e. The molecule has 42 valence electrons. The lowest BCUT2D eigenvalue weighted by molar-refractivity contribution is 0.475. The fraction of sp³-hybridized carbons (Fsp3) is 0. The van der Waals surface area contributed by atoms with Crippen LogP contribution in [0.5, 0.6) is 5.75 Å². The quantitative estimate of drug-likeness (QED) is 0.569. The molecule has 0 amide bonds. The molecule has 0 aliphatic rings. The molecule has 0 heterocycles. The van der Waals surface area contributed by atoms with Crippen molar-refractivity contribution in [2.75, 3.05) is 0 Å². The number of phenolic OH excluding ortho intramolecular Hbond substituents is 1. The maximum absolute atomic E-state index is 8.89. The number of rotatable bonds is 0. The van der Waals surface area contributed by atoms with Crippen molar-refractivity contribution in [3.63, 3.8) is 0 Å². The molecule has 8 heavy (non-hydrogen) atoms. The van der Waals surface area contributed by atoms with Gasteiger partial charge in [-0.1, -0.05) is 23.7 Å². The van der Waals surface area contributed by atoms with Crippen molar-refractivity contribution in [1.82, 2.24) is 0 Å². The number of aromatic hydroxyl groups is 1. The average molecular weight is 130 g/mol. The lowest BCUT2D eigenvalue weighted by Gasteiger charge is -1.89. The molecular weight excluding hydrogens is 124 g/mol. The number of para-hydroxylation sites is 1. The topological polar surface area (TPSA) is 20.2 Å². The summed E-state index contributed by atoms with van der Waals surface area (Å²) < 4.78 is 7.03. The molecule has 1 nitrogen and oxygen atoms in total. The summed E-state index contributed by atoms with van der Waals surface area (Å²) in [5.41, 5.74) is 0. The minimum atomic E-state index is -0.154. The summed E-state index contributed by atoms with van der Waals surface area (Å²) >= 11 is 5.44. The molecule has 0 spiro atoms. The van der Waals surface area contributed by atoms with Crippen LogP contribution in [0.3, 0.4) is 0 Å². The molecular formula is C6H5ClO. The Morgan fingerprint density at radius 2 is 2.38 bits per heavy atom. The van der Waals surface area contributed by atoms with Crippen molar-refractivity contribution in [1.29, 1.82) is 0 Å². The van der Waals surface area contributed by atoms with E-state index in [1.54, 1.807) is 6.07 Å². The molecule has 1 aromatic rings. The van der Waals surface area contributed by atoms with E-state index in [-0.39, 0.29) is 16.8 Å². The SMILES string of the molecule is [2H]c1cccc(Cl)c1O. The predicted octanol–water partition coefficient (Wildman–Crippen LogP) is 2.05. The van der Waals surface area contributed by atoms with Gasteiger partial charge in [0.1, 0.15) is 5.75 Å². The summed E-state index contributed by atoms with van der Waals surface area (Å²) in [4.78, 5) is 0. The van der Waals surface area contributed by atoms with Gasteiger partial charge in [-0.15, -0.1) is 0 Å². The van der Waals surface area contributed by atoms with Crippen molar-refractivity contribution < 1.29 is 6.48 Å². The Kier molecular flexibility index (Phi) is 1.08. The van der Waals surface area contributed by atoms with Crippen molar-refractivity contribution in [2.45, 2.75) is 0 Å². The third kappa shape index (κ3) is 0.928. The molecule has 1 rings (SSSR count). The molecule has 0 saturated heterocycles. The van der Waals surface area contributed by atoms with Gasteiger partial charge in [-0.25, -0.2) is 0 Å². The molecule has 0 aliphatic carbocycles. The summed E-state index contributed by atoms with van der Waals surface area (Å²) in [7, 11) is 0. The highest BCUT2D eigenvalue weighted by Gasteiger charge is 1.89. The van der Waals surface area contributed by atoms with Gasteiger partial charge in [0.2, 0.25) is 0 Å². The maximum Gasteiger partial charge on any atom is 0.134 e. The number of hydrogen-bond acceptors (Lipinski definition) is 1. The Bertz CT molecular complexity index is 204.